The molecule has 26 heavy (non-hydrogen) atoms. The molecule has 1 amide bonds. The SMILES string of the molecule is COc1ccc(C)cc1CN(C)C(=O)c1ccc(OC(F)F)c(OC)c1. The molecule has 0 aliphatic rings. The van der Waals surface area contributed by atoms with Gasteiger partial charge in [-0.05, 0) is 31.2 Å². The highest BCUT2D eigenvalue weighted by atomic mass is 19.3. The third-order valence-corrected chi connectivity index (χ3v) is 3.82. The van der Waals surface area contributed by atoms with Gasteiger partial charge in [-0.15, -0.1) is 0 Å². The minimum atomic E-state index is -2.97. The third-order valence-electron chi connectivity index (χ3n) is 3.82. The lowest BCUT2D eigenvalue weighted by molar-refractivity contribution is -0.0512. The van der Waals surface area contributed by atoms with Crippen LogP contribution in [0, 0.1) is 6.92 Å². The Morgan fingerprint density at radius 2 is 1.69 bits per heavy atom. The summed E-state index contributed by atoms with van der Waals surface area (Å²) in [6.07, 6.45) is 0. The normalized spacial score (nSPS) is 10.6. The number of carbonyl (C=O) groups excluding carboxylic acids is 1. The highest BCUT2D eigenvalue weighted by molar-refractivity contribution is 5.94. The molecule has 0 saturated heterocycles. The predicted molar refractivity (Wildman–Crippen MR) is 93.2 cm³/mol. The number of hydrogen-bond donors (Lipinski definition) is 0. The lowest BCUT2D eigenvalue weighted by atomic mass is 10.1. The zero-order valence-electron chi connectivity index (χ0n) is 15.1. The van der Waals surface area contributed by atoms with Crippen LogP contribution >= 0.6 is 0 Å². The van der Waals surface area contributed by atoms with Crippen LogP contribution in [0.3, 0.4) is 0 Å². The highest BCUT2D eigenvalue weighted by Crippen LogP contribution is 2.30. The van der Waals surface area contributed by atoms with E-state index in [9.17, 15) is 13.6 Å². The van der Waals surface area contributed by atoms with Crippen molar-refractivity contribution in [3.63, 3.8) is 0 Å². The van der Waals surface area contributed by atoms with Crippen LogP contribution in [0.25, 0.3) is 0 Å². The molecule has 7 heteroatoms. The van der Waals surface area contributed by atoms with Crippen molar-refractivity contribution >= 4 is 5.91 Å². The maximum atomic E-state index is 12.7. The largest absolute Gasteiger partial charge is 0.496 e. The van der Waals surface area contributed by atoms with Crippen LogP contribution in [-0.4, -0.2) is 38.7 Å². The summed E-state index contributed by atoms with van der Waals surface area (Å²) < 4.78 is 39.6. The fourth-order valence-electron chi connectivity index (χ4n) is 2.57. The monoisotopic (exact) mass is 365 g/mol. The molecular formula is C19H21F2NO4. The quantitative estimate of drug-likeness (QED) is 0.747. The predicted octanol–water partition coefficient (Wildman–Crippen LogP) is 3.89. The van der Waals surface area contributed by atoms with Gasteiger partial charge in [0.2, 0.25) is 0 Å². The van der Waals surface area contributed by atoms with Crippen LogP contribution in [-0.2, 0) is 6.54 Å². The van der Waals surface area contributed by atoms with Gasteiger partial charge in [-0.1, -0.05) is 17.7 Å². The van der Waals surface area contributed by atoms with E-state index in [4.69, 9.17) is 9.47 Å². The number of benzene rings is 2. The molecule has 2 aromatic carbocycles. The Balaban J connectivity index is 2.21. The van der Waals surface area contributed by atoms with Gasteiger partial charge < -0.3 is 19.1 Å². The van der Waals surface area contributed by atoms with Crippen molar-refractivity contribution in [3.05, 3.63) is 53.1 Å². The molecule has 0 aliphatic heterocycles. The number of alkyl halides is 2. The first kappa shape index (κ1) is 19.5. The van der Waals surface area contributed by atoms with Gasteiger partial charge in [-0.2, -0.15) is 8.78 Å². The van der Waals surface area contributed by atoms with Crippen LogP contribution in [0.5, 0.6) is 17.2 Å². The second-order valence-corrected chi connectivity index (χ2v) is 5.72. The molecule has 0 heterocycles. The van der Waals surface area contributed by atoms with Gasteiger partial charge in [-0.25, -0.2) is 0 Å². The lowest BCUT2D eigenvalue weighted by Crippen LogP contribution is -2.26. The second kappa shape index (κ2) is 8.51. The van der Waals surface area contributed by atoms with Crippen LogP contribution in [0.1, 0.15) is 21.5 Å². The molecule has 0 radical (unpaired) electrons. The Hall–Kier alpha value is -2.83. The average molecular weight is 365 g/mol. The van der Waals surface area contributed by atoms with Gasteiger partial charge in [0, 0.05) is 24.7 Å². The molecule has 0 aliphatic carbocycles. The first-order valence-electron chi connectivity index (χ1n) is 7.87. The summed E-state index contributed by atoms with van der Waals surface area (Å²) in [5, 5.41) is 0. The summed E-state index contributed by atoms with van der Waals surface area (Å²) in [5.41, 5.74) is 2.22. The van der Waals surface area contributed by atoms with E-state index in [0.717, 1.165) is 11.1 Å². The van der Waals surface area contributed by atoms with Crippen molar-refractivity contribution in [2.24, 2.45) is 0 Å². The fraction of sp³-hybridized carbons (Fsp3) is 0.316. The number of rotatable bonds is 7. The number of halogens is 2. The smallest absolute Gasteiger partial charge is 0.387 e. The Morgan fingerprint density at radius 1 is 1.04 bits per heavy atom. The number of methoxy groups -OCH3 is 2. The van der Waals surface area contributed by atoms with Crippen LogP contribution in [0.15, 0.2) is 36.4 Å². The highest BCUT2D eigenvalue weighted by Gasteiger charge is 2.18. The summed E-state index contributed by atoms with van der Waals surface area (Å²) in [5.74, 6) is 0.351. The van der Waals surface area contributed by atoms with E-state index in [1.165, 1.54) is 30.2 Å². The molecular weight excluding hydrogens is 344 g/mol. The summed E-state index contributed by atoms with van der Waals surface area (Å²) in [6.45, 7) is -0.680. The van der Waals surface area contributed by atoms with Crippen molar-refractivity contribution in [1.82, 2.24) is 4.90 Å². The number of hydrogen-bond acceptors (Lipinski definition) is 4. The molecule has 0 fully saturated rings. The Labute approximate surface area is 151 Å². The van der Waals surface area contributed by atoms with Crippen molar-refractivity contribution < 1.29 is 27.8 Å². The van der Waals surface area contributed by atoms with Gasteiger partial charge in [0.25, 0.3) is 5.91 Å². The molecule has 140 valence electrons. The Bertz CT molecular complexity index is 780. The minimum Gasteiger partial charge on any atom is -0.496 e. The number of amides is 1. The van der Waals surface area contributed by atoms with Crippen LogP contribution < -0.4 is 14.2 Å². The first-order valence-corrected chi connectivity index (χ1v) is 7.87. The van der Waals surface area contributed by atoms with Crippen molar-refractivity contribution in [1.29, 1.82) is 0 Å². The maximum Gasteiger partial charge on any atom is 0.387 e. The first-order chi connectivity index (χ1) is 12.3. The summed E-state index contributed by atoms with van der Waals surface area (Å²) >= 11 is 0. The molecule has 2 aromatic rings. The molecule has 0 N–H and O–H groups in total. The zero-order chi connectivity index (χ0) is 19.3. The summed E-state index contributed by atoms with van der Waals surface area (Å²) in [4.78, 5) is 14.2. The summed E-state index contributed by atoms with van der Waals surface area (Å²) in [7, 11) is 4.55. The molecule has 5 nitrogen and oxygen atoms in total. The molecule has 0 saturated carbocycles. The van der Waals surface area contributed by atoms with E-state index in [1.807, 2.05) is 25.1 Å². The molecule has 0 unspecified atom stereocenters. The van der Waals surface area contributed by atoms with Crippen molar-refractivity contribution in [3.8, 4) is 17.2 Å². The fourth-order valence-corrected chi connectivity index (χ4v) is 2.57. The molecule has 0 spiro atoms. The van der Waals surface area contributed by atoms with Crippen molar-refractivity contribution in [2.45, 2.75) is 20.1 Å². The topological polar surface area (TPSA) is 48.0 Å². The number of carbonyl (C=O) groups is 1. The van der Waals surface area contributed by atoms with E-state index in [1.54, 1.807) is 14.2 Å². The van der Waals surface area contributed by atoms with E-state index in [2.05, 4.69) is 4.74 Å². The van der Waals surface area contributed by atoms with E-state index in [0.29, 0.717) is 17.9 Å². The van der Waals surface area contributed by atoms with Gasteiger partial charge in [-0.3, -0.25) is 4.79 Å². The van der Waals surface area contributed by atoms with E-state index in [-0.39, 0.29) is 17.4 Å². The second-order valence-electron chi connectivity index (χ2n) is 5.72. The molecule has 0 atom stereocenters. The van der Waals surface area contributed by atoms with Crippen LogP contribution in [0.4, 0.5) is 8.78 Å². The molecule has 0 aromatic heterocycles. The van der Waals surface area contributed by atoms with Gasteiger partial charge in [0.05, 0.1) is 14.2 Å². The van der Waals surface area contributed by atoms with Gasteiger partial charge >= 0.3 is 6.61 Å². The Morgan fingerprint density at radius 3 is 2.31 bits per heavy atom. The third kappa shape index (κ3) is 4.62. The van der Waals surface area contributed by atoms with E-state index < -0.39 is 6.61 Å². The van der Waals surface area contributed by atoms with Gasteiger partial charge in [0.15, 0.2) is 11.5 Å². The number of ether oxygens (including phenoxy) is 3. The number of nitrogens with zero attached hydrogens (tertiary/aromatic N) is 1. The number of aryl methyl sites for hydroxylation is 1. The molecule has 0 bridgehead atoms. The standard InChI is InChI=1S/C19H21F2NO4/c1-12-5-7-15(24-3)14(9-12)11-22(2)18(23)13-6-8-16(26-19(20)21)17(10-13)25-4/h5-10,19H,11H2,1-4H3. The maximum absolute atomic E-state index is 12.7. The Kier molecular flexibility index (Phi) is 6.38. The van der Waals surface area contributed by atoms with Crippen LogP contribution in [0.2, 0.25) is 0 Å². The summed E-state index contributed by atoms with van der Waals surface area (Å²) in [6, 6.07) is 9.82. The van der Waals surface area contributed by atoms with Crippen molar-refractivity contribution in [2.75, 3.05) is 21.3 Å². The van der Waals surface area contributed by atoms with Gasteiger partial charge in [0.1, 0.15) is 5.75 Å². The zero-order valence-corrected chi connectivity index (χ0v) is 15.1. The minimum absolute atomic E-state index is 0.0673. The average Bonchev–Trinajstić information content (AvgIpc) is 2.61. The molecule has 2 rings (SSSR count). The van der Waals surface area contributed by atoms with E-state index >= 15 is 0 Å². The lowest BCUT2D eigenvalue weighted by Gasteiger charge is -2.20.